The monoisotopic (exact) mass is 542 g/mol. The highest BCUT2D eigenvalue weighted by molar-refractivity contribution is 9.10. The number of Topliss-reactive ketones (excluding diaryl/α,β-unsaturated/α-hetero) is 1. The zero-order chi connectivity index (χ0) is 23.4. The molecule has 1 amide bonds. The third-order valence-electron chi connectivity index (χ3n) is 4.77. The predicted molar refractivity (Wildman–Crippen MR) is 136 cm³/mol. The number of nitrogens with zero attached hydrogens (tertiary/aromatic N) is 1. The number of methoxy groups -OCH3 is 2. The summed E-state index contributed by atoms with van der Waals surface area (Å²) in [4.78, 5) is 29.7. The van der Waals surface area contributed by atoms with Gasteiger partial charge in [0.1, 0.15) is 0 Å². The van der Waals surface area contributed by atoms with E-state index < -0.39 is 0 Å². The first kappa shape index (κ1) is 23.3. The van der Waals surface area contributed by atoms with Crippen LogP contribution in [0, 0.1) is 0 Å². The summed E-state index contributed by atoms with van der Waals surface area (Å²) in [5, 5.41) is 2.90. The summed E-state index contributed by atoms with van der Waals surface area (Å²) in [6.07, 6.45) is 0. The molecule has 0 spiro atoms. The van der Waals surface area contributed by atoms with Gasteiger partial charge >= 0.3 is 0 Å². The Hall–Kier alpha value is -2.88. The molecule has 0 fully saturated rings. The highest BCUT2D eigenvalue weighted by atomic mass is 79.9. The first-order valence-corrected chi connectivity index (χ1v) is 12.4. The molecular formula is C24H19BrN2O4S2. The molecule has 0 saturated heterocycles. The molecule has 168 valence electrons. The molecule has 6 nitrogen and oxygen atoms in total. The third-order valence-corrected chi connectivity index (χ3v) is 7.46. The van der Waals surface area contributed by atoms with Gasteiger partial charge in [-0.25, -0.2) is 4.98 Å². The summed E-state index contributed by atoms with van der Waals surface area (Å²) in [5.41, 5.74) is 2.61. The Morgan fingerprint density at radius 3 is 2.42 bits per heavy atom. The number of fused-ring (bicyclic) bond motifs is 1. The molecule has 1 aromatic heterocycles. The Bertz CT molecular complexity index is 1320. The van der Waals surface area contributed by atoms with Crippen LogP contribution < -0.4 is 14.8 Å². The van der Waals surface area contributed by atoms with Crippen LogP contribution in [-0.2, 0) is 0 Å². The summed E-state index contributed by atoms with van der Waals surface area (Å²) in [5.74, 6) is 1.15. The third kappa shape index (κ3) is 5.55. The highest BCUT2D eigenvalue weighted by Gasteiger charge is 2.13. The molecule has 0 unspecified atom stereocenters. The summed E-state index contributed by atoms with van der Waals surface area (Å²) in [6.45, 7) is 0. The number of anilines is 1. The van der Waals surface area contributed by atoms with E-state index >= 15 is 0 Å². The molecule has 1 heterocycles. The van der Waals surface area contributed by atoms with Crippen molar-refractivity contribution in [3.8, 4) is 11.5 Å². The van der Waals surface area contributed by atoms with Crippen molar-refractivity contribution in [1.82, 2.24) is 4.98 Å². The van der Waals surface area contributed by atoms with E-state index in [1.807, 2.05) is 30.3 Å². The van der Waals surface area contributed by atoms with Gasteiger partial charge in [-0.3, -0.25) is 9.59 Å². The molecule has 4 aromatic rings. The van der Waals surface area contributed by atoms with Crippen LogP contribution in [0.2, 0.25) is 0 Å². The fraction of sp³-hybridized carbons (Fsp3) is 0.125. The molecule has 3 aromatic carbocycles. The van der Waals surface area contributed by atoms with E-state index in [4.69, 9.17) is 9.47 Å². The molecule has 0 atom stereocenters. The van der Waals surface area contributed by atoms with Crippen LogP contribution in [-0.4, -0.2) is 36.6 Å². The number of hydrogen-bond acceptors (Lipinski definition) is 7. The minimum atomic E-state index is -0.255. The maximum Gasteiger partial charge on any atom is 0.255 e. The number of rotatable bonds is 8. The van der Waals surface area contributed by atoms with Crippen LogP contribution in [0.4, 0.5) is 5.69 Å². The Morgan fingerprint density at radius 2 is 1.70 bits per heavy atom. The van der Waals surface area contributed by atoms with Gasteiger partial charge in [-0.15, -0.1) is 11.3 Å². The molecule has 0 saturated carbocycles. The van der Waals surface area contributed by atoms with Crippen molar-refractivity contribution in [2.24, 2.45) is 0 Å². The molecular weight excluding hydrogens is 524 g/mol. The number of thioether (sulfide) groups is 1. The maximum atomic E-state index is 12.7. The number of carbonyl (C=O) groups excluding carboxylic acids is 2. The van der Waals surface area contributed by atoms with E-state index in [1.54, 1.807) is 37.4 Å². The highest BCUT2D eigenvalue weighted by Crippen LogP contribution is 2.32. The first-order valence-electron chi connectivity index (χ1n) is 9.82. The molecule has 1 N–H and O–H groups in total. The number of benzene rings is 3. The van der Waals surface area contributed by atoms with Crippen molar-refractivity contribution < 1.29 is 19.1 Å². The van der Waals surface area contributed by atoms with E-state index in [1.165, 1.54) is 30.2 Å². The van der Waals surface area contributed by atoms with Gasteiger partial charge in [0.25, 0.3) is 5.91 Å². The first-order chi connectivity index (χ1) is 16.0. The molecule has 33 heavy (non-hydrogen) atoms. The van der Waals surface area contributed by atoms with Gasteiger partial charge in [0.05, 0.1) is 30.2 Å². The van der Waals surface area contributed by atoms with Crippen LogP contribution in [0.5, 0.6) is 11.5 Å². The minimum absolute atomic E-state index is 0.0506. The predicted octanol–water partition coefficient (Wildman–Crippen LogP) is 6.30. The Kier molecular flexibility index (Phi) is 7.32. The topological polar surface area (TPSA) is 77.5 Å². The number of halogens is 1. The number of nitrogens with one attached hydrogen (secondary N) is 1. The van der Waals surface area contributed by atoms with Gasteiger partial charge < -0.3 is 14.8 Å². The van der Waals surface area contributed by atoms with Crippen molar-refractivity contribution in [2.45, 2.75) is 4.34 Å². The van der Waals surface area contributed by atoms with Crippen molar-refractivity contribution in [3.05, 3.63) is 76.3 Å². The average molecular weight is 543 g/mol. The van der Waals surface area contributed by atoms with Gasteiger partial charge in [-0.1, -0.05) is 39.8 Å². The summed E-state index contributed by atoms with van der Waals surface area (Å²) < 4.78 is 13.2. The van der Waals surface area contributed by atoms with Gasteiger partial charge in [0.15, 0.2) is 21.6 Å². The van der Waals surface area contributed by atoms with E-state index in [0.717, 1.165) is 19.0 Å². The quantitative estimate of drug-likeness (QED) is 0.208. The number of hydrogen-bond donors (Lipinski definition) is 1. The SMILES string of the molecule is COc1ccc(C(=O)Nc2ccc3nc(SCC(=O)c4ccc(Br)cc4)sc3c2)cc1OC. The fourth-order valence-corrected chi connectivity index (χ4v) is 5.34. The Balaban J connectivity index is 1.44. The van der Waals surface area contributed by atoms with E-state index in [-0.39, 0.29) is 11.7 Å². The lowest BCUT2D eigenvalue weighted by molar-refractivity contribution is 0.101. The second kappa shape index (κ2) is 10.4. The maximum absolute atomic E-state index is 12.7. The van der Waals surface area contributed by atoms with Crippen molar-refractivity contribution in [3.63, 3.8) is 0 Å². The van der Waals surface area contributed by atoms with Gasteiger partial charge in [-0.2, -0.15) is 0 Å². The standard InChI is InChI=1S/C24H19BrN2O4S2/c1-30-20-10-5-15(11-21(20)31-2)23(29)26-17-8-9-18-22(12-17)33-24(27-18)32-13-19(28)14-3-6-16(25)7-4-14/h3-12H,13H2,1-2H3,(H,26,29). The summed E-state index contributed by atoms with van der Waals surface area (Å²) in [6, 6.07) is 17.9. The van der Waals surface area contributed by atoms with Crippen LogP contribution >= 0.6 is 39.0 Å². The van der Waals surface area contributed by atoms with Crippen molar-refractivity contribution in [2.75, 3.05) is 25.3 Å². The van der Waals surface area contributed by atoms with Gasteiger partial charge in [-0.05, 0) is 48.5 Å². The number of amides is 1. The zero-order valence-corrected chi connectivity index (χ0v) is 21.0. The van der Waals surface area contributed by atoms with Crippen molar-refractivity contribution in [1.29, 1.82) is 0 Å². The second-order valence-electron chi connectivity index (χ2n) is 6.90. The zero-order valence-electron chi connectivity index (χ0n) is 17.8. The second-order valence-corrected chi connectivity index (χ2v) is 10.1. The largest absolute Gasteiger partial charge is 0.493 e. The smallest absolute Gasteiger partial charge is 0.255 e. The lowest BCUT2D eigenvalue weighted by atomic mass is 10.2. The number of thiazole rings is 1. The number of ketones is 1. The van der Waals surface area contributed by atoms with Gasteiger partial charge in [0, 0.05) is 21.3 Å². The van der Waals surface area contributed by atoms with Gasteiger partial charge in [0.2, 0.25) is 0 Å². The lowest BCUT2D eigenvalue weighted by Gasteiger charge is -2.10. The van der Waals surface area contributed by atoms with Crippen LogP contribution in [0.3, 0.4) is 0 Å². The summed E-state index contributed by atoms with van der Waals surface area (Å²) in [7, 11) is 3.07. The molecule has 0 radical (unpaired) electrons. The normalized spacial score (nSPS) is 10.8. The molecule has 9 heteroatoms. The summed E-state index contributed by atoms with van der Waals surface area (Å²) >= 11 is 6.27. The Morgan fingerprint density at radius 1 is 0.970 bits per heavy atom. The fourth-order valence-electron chi connectivity index (χ4n) is 3.07. The molecule has 0 bridgehead atoms. The van der Waals surface area contributed by atoms with Crippen LogP contribution in [0.15, 0.2) is 69.5 Å². The molecule has 0 aliphatic carbocycles. The molecule has 0 aliphatic heterocycles. The average Bonchev–Trinajstić information content (AvgIpc) is 3.24. The lowest BCUT2D eigenvalue weighted by Crippen LogP contribution is -2.12. The van der Waals surface area contributed by atoms with Crippen LogP contribution in [0.25, 0.3) is 10.2 Å². The number of aromatic nitrogens is 1. The van der Waals surface area contributed by atoms with Crippen molar-refractivity contribution >= 4 is 66.6 Å². The van der Waals surface area contributed by atoms with Crippen LogP contribution in [0.1, 0.15) is 20.7 Å². The number of ether oxygens (including phenoxy) is 2. The molecule has 4 rings (SSSR count). The van der Waals surface area contributed by atoms with E-state index in [9.17, 15) is 9.59 Å². The molecule has 0 aliphatic rings. The van der Waals surface area contributed by atoms with E-state index in [0.29, 0.717) is 34.1 Å². The number of carbonyl (C=O) groups is 2. The minimum Gasteiger partial charge on any atom is -0.493 e. The Labute approximate surface area is 207 Å². The van der Waals surface area contributed by atoms with E-state index in [2.05, 4.69) is 26.2 Å².